The second-order valence-electron chi connectivity index (χ2n) is 5.24. The molecule has 0 aliphatic heterocycles. The van der Waals surface area contributed by atoms with E-state index in [2.05, 4.69) is 37.4 Å². The average Bonchev–Trinajstić information content (AvgIpc) is 3.21. The molecule has 1 aliphatic carbocycles. The monoisotopic (exact) mass is 310 g/mol. The number of ether oxygens (including phenoxy) is 1. The number of aliphatic imine (C=N–C) groups is 1. The SMILES string of the molecule is CN=C(NCCN(CCOC)C1CC1)NCc1ccsc1. The van der Waals surface area contributed by atoms with Crippen LogP contribution in [0.15, 0.2) is 21.8 Å². The Morgan fingerprint density at radius 2 is 2.29 bits per heavy atom. The van der Waals surface area contributed by atoms with Crippen molar-refractivity contribution in [2.24, 2.45) is 4.99 Å². The van der Waals surface area contributed by atoms with Crippen molar-refractivity contribution in [3.8, 4) is 0 Å². The Kier molecular flexibility index (Phi) is 6.99. The molecule has 1 aromatic rings. The second-order valence-corrected chi connectivity index (χ2v) is 6.02. The molecule has 21 heavy (non-hydrogen) atoms. The molecule has 0 aromatic carbocycles. The van der Waals surface area contributed by atoms with Crippen LogP contribution in [0.4, 0.5) is 0 Å². The van der Waals surface area contributed by atoms with Gasteiger partial charge in [0.25, 0.3) is 0 Å². The van der Waals surface area contributed by atoms with Gasteiger partial charge in [-0.05, 0) is 35.2 Å². The van der Waals surface area contributed by atoms with Crippen molar-refractivity contribution in [1.29, 1.82) is 0 Å². The molecule has 2 N–H and O–H groups in total. The van der Waals surface area contributed by atoms with E-state index in [4.69, 9.17) is 4.74 Å². The van der Waals surface area contributed by atoms with Gasteiger partial charge in [0, 0.05) is 46.4 Å². The fraction of sp³-hybridized carbons (Fsp3) is 0.667. The number of rotatable bonds is 9. The summed E-state index contributed by atoms with van der Waals surface area (Å²) in [7, 11) is 3.58. The van der Waals surface area contributed by atoms with E-state index in [9.17, 15) is 0 Å². The minimum atomic E-state index is 0.766. The van der Waals surface area contributed by atoms with E-state index in [1.807, 2.05) is 7.05 Å². The molecular formula is C15H26N4OS. The van der Waals surface area contributed by atoms with E-state index in [1.165, 1.54) is 18.4 Å². The third-order valence-electron chi connectivity index (χ3n) is 3.60. The summed E-state index contributed by atoms with van der Waals surface area (Å²) < 4.78 is 5.18. The van der Waals surface area contributed by atoms with Crippen LogP contribution in [0.5, 0.6) is 0 Å². The summed E-state index contributed by atoms with van der Waals surface area (Å²) in [6.45, 7) is 4.58. The van der Waals surface area contributed by atoms with Crippen molar-refractivity contribution < 1.29 is 4.74 Å². The Morgan fingerprint density at radius 3 is 2.90 bits per heavy atom. The molecule has 2 rings (SSSR count). The molecule has 6 heteroatoms. The molecule has 0 bridgehead atoms. The first kappa shape index (κ1) is 16.3. The Hall–Kier alpha value is -1.11. The van der Waals surface area contributed by atoms with Gasteiger partial charge in [0.2, 0.25) is 0 Å². The molecule has 0 atom stereocenters. The predicted octanol–water partition coefficient (Wildman–Crippen LogP) is 1.52. The largest absolute Gasteiger partial charge is 0.383 e. The first-order valence-corrected chi connectivity index (χ1v) is 8.46. The molecule has 118 valence electrons. The van der Waals surface area contributed by atoms with Crippen molar-refractivity contribution in [2.75, 3.05) is 40.4 Å². The van der Waals surface area contributed by atoms with Gasteiger partial charge >= 0.3 is 0 Å². The number of hydrogen-bond donors (Lipinski definition) is 2. The minimum absolute atomic E-state index is 0.766. The number of hydrogen-bond acceptors (Lipinski definition) is 4. The van der Waals surface area contributed by atoms with E-state index in [-0.39, 0.29) is 0 Å². The highest BCUT2D eigenvalue weighted by atomic mass is 32.1. The Balaban J connectivity index is 1.65. The van der Waals surface area contributed by atoms with Crippen LogP contribution >= 0.6 is 11.3 Å². The van der Waals surface area contributed by atoms with Crippen molar-refractivity contribution in [2.45, 2.75) is 25.4 Å². The lowest BCUT2D eigenvalue weighted by molar-refractivity contribution is 0.144. The average molecular weight is 310 g/mol. The number of nitrogens with zero attached hydrogens (tertiary/aromatic N) is 2. The van der Waals surface area contributed by atoms with E-state index >= 15 is 0 Å². The molecule has 1 aromatic heterocycles. The zero-order valence-electron chi connectivity index (χ0n) is 13.0. The van der Waals surface area contributed by atoms with E-state index < -0.39 is 0 Å². The van der Waals surface area contributed by atoms with E-state index in [0.717, 1.165) is 44.8 Å². The first-order valence-electron chi connectivity index (χ1n) is 7.52. The zero-order chi connectivity index (χ0) is 14.9. The van der Waals surface area contributed by atoms with Crippen LogP contribution in [0.2, 0.25) is 0 Å². The van der Waals surface area contributed by atoms with Crippen LogP contribution in [0.25, 0.3) is 0 Å². The smallest absolute Gasteiger partial charge is 0.191 e. The minimum Gasteiger partial charge on any atom is -0.383 e. The summed E-state index contributed by atoms with van der Waals surface area (Å²) >= 11 is 1.72. The summed E-state index contributed by atoms with van der Waals surface area (Å²) in [5, 5.41) is 11.0. The van der Waals surface area contributed by atoms with Gasteiger partial charge in [-0.1, -0.05) is 0 Å². The fourth-order valence-corrected chi connectivity index (χ4v) is 2.91. The maximum atomic E-state index is 5.18. The van der Waals surface area contributed by atoms with E-state index in [1.54, 1.807) is 18.4 Å². The molecular weight excluding hydrogens is 284 g/mol. The molecule has 1 fully saturated rings. The summed E-state index contributed by atoms with van der Waals surface area (Å²) in [6, 6.07) is 2.90. The van der Waals surface area contributed by atoms with Gasteiger partial charge in [-0.25, -0.2) is 0 Å². The van der Waals surface area contributed by atoms with Crippen molar-refractivity contribution in [3.05, 3.63) is 22.4 Å². The van der Waals surface area contributed by atoms with Crippen LogP contribution in [0, 0.1) is 0 Å². The van der Waals surface area contributed by atoms with Gasteiger partial charge in [0.15, 0.2) is 5.96 Å². The van der Waals surface area contributed by atoms with Gasteiger partial charge in [-0.15, -0.1) is 0 Å². The topological polar surface area (TPSA) is 48.9 Å². The second kappa shape index (κ2) is 9.02. The molecule has 1 aliphatic rings. The maximum absolute atomic E-state index is 5.18. The third kappa shape index (κ3) is 6.03. The summed E-state index contributed by atoms with van der Waals surface area (Å²) in [5.74, 6) is 0.865. The Bertz CT molecular complexity index is 417. The highest BCUT2D eigenvalue weighted by Gasteiger charge is 2.28. The van der Waals surface area contributed by atoms with Gasteiger partial charge in [-0.2, -0.15) is 11.3 Å². The third-order valence-corrected chi connectivity index (χ3v) is 4.33. The van der Waals surface area contributed by atoms with Gasteiger partial charge in [-0.3, -0.25) is 9.89 Å². The fourth-order valence-electron chi connectivity index (χ4n) is 2.24. The van der Waals surface area contributed by atoms with Crippen LogP contribution in [-0.4, -0.2) is 57.3 Å². The molecule has 0 spiro atoms. The van der Waals surface area contributed by atoms with Crippen molar-refractivity contribution in [1.82, 2.24) is 15.5 Å². The molecule has 0 unspecified atom stereocenters. The lowest BCUT2D eigenvalue weighted by Crippen LogP contribution is -2.42. The summed E-state index contributed by atoms with van der Waals surface area (Å²) in [4.78, 5) is 6.76. The number of guanidine groups is 1. The zero-order valence-corrected chi connectivity index (χ0v) is 13.8. The number of methoxy groups -OCH3 is 1. The van der Waals surface area contributed by atoms with Crippen molar-refractivity contribution >= 4 is 17.3 Å². The quantitative estimate of drug-likeness (QED) is 0.536. The molecule has 1 saturated carbocycles. The number of nitrogens with one attached hydrogen (secondary N) is 2. The standard InChI is InChI=1S/C15H26N4OS/c1-16-15(18-11-13-5-10-21-12-13)17-6-7-19(8-9-20-2)14-3-4-14/h5,10,12,14H,3-4,6-9,11H2,1-2H3,(H2,16,17,18). The van der Waals surface area contributed by atoms with Gasteiger partial charge < -0.3 is 15.4 Å². The molecule has 0 radical (unpaired) electrons. The van der Waals surface area contributed by atoms with Gasteiger partial charge in [0.05, 0.1) is 6.61 Å². The Morgan fingerprint density at radius 1 is 1.43 bits per heavy atom. The maximum Gasteiger partial charge on any atom is 0.191 e. The van der Waals surface area contributed by atoms with Crippen molar-refractivity contribution in [3.63, 3.8) is 0 Å². The molecule has 0 amide bonds. The van der Waals surface area contributed by atoms with Crippen LogP contribution < -0.4 is 10.6 Å². The Labute approximate surface area is 131 Å². The predicted molar refractivity (Wildman–Crippen MR) is 89.0 cm³/mol. The molecule has 1 heterocycles. The lowest BCUT2D eigenvalue weighted by atomic mass is 10.3. The highest BCUT2D eigenvalue weighted by molar-refractivity contribution is 7.07. The summed E-state index contributed by atoms with van der Waals surface area (Å²) in [6.07, 6.45) is 2.66. The lowest BCUT2D eigenvalue weighted by Gasteiger charge is -2.22. The highest BCUT2D eigenvalue weighted by Crippen LogP contribution is 2.25. The molecule has 5 nitrogen and oxygen atoms in total. The summed E-state index contributed by atoms with van der Waals surface area (Å²) in [5.41, 5.74) is 1.29. The van der Waals surface area contributed by atoms with Crippen LogP contribution in [-0.2, 0) is 11.3 Å². The number of thiophene rings is 1. The first-order chi connectivity index (χ1) is 10.3. The van der Waals surface area contributed by atoms with Crippen LogP contribution in [0.1, 0.15) is 18.4 Å². The van der Waals surface area contributed by atoms with Gasteiger partial charge in [0.1, 0.15) is 0 Å². The molecule has 0 saturated heterocycles. The normalized spacial score (nSPS) is 15.5. The van der Waals surface area contributed by atoms with Crippen LogP contribution in [0.3, 0.4) is 0 Å². The van der Waals surface area contributed by atoms with E-state index in [0.29, 0.717) is 0 Å².